The molecule has 106 valence electrons. The molecular formula is C15H29NO2. The van der Waals surface area contributed by atoms with E-state index in [-0.39, 0.29) is 11.8 Å². The molecule has 1 rings (SSSR count). The molecule has 0 saturated heterocycles. The molecule has 2 N–H and O–H groups in total. The fourth-order valence-corrected chi connectivity index (χ4v) is 2.87. The molecule has 1 fully saturated rings. The second-order valence-electron chi connectivity index (χ2n) is 6.04. The lowest BCUT2D eigenvalue weighted by Gasteiger charge is -2.32. The molecule has 3 heteroatoms. The predicted molar refractivity (Wildman–Crippen MR) is 74.2 cm³/mol. The summed E-state index contributed by atoms with van der Waals surface area (Å²) >= 11 is 0. The van der Waals surface area contributed by atoms with Crippen LogP contribution in [0.15, 0.2) is 0 Å². The van der Waals surface area contributed by atoms with Crippen LogP contribution in [-0.2, 0) is 4.79 Å². The van der Waals surface area contributed by atoms with Gasteiger partial charge in [-0.3, -0.25) is 4.79 Å². The van der Waals surface area contributed by atoms with Gasteiger partial charge in [0.2, 0.25) is 5.91 Å². The molecule has 3 nitrogen and oxygen atoms in total. The van der Waals surface area contributed by atoms with Crippen LogP contribution in [0.3, 0.4) is 0 Å². The number of rotatable bonds is 6. The highest BCUT2D eigenvalue weighted by Gasteiger charge is 2.34. The second kappa shape index (κ2) is 7.78. The van der Waals surface area contributed by atoms with Gasteiger partial charge in [-0.25, -0.2) is 0 Å². The Balaban J connectivity index is 2.61. The third kappa shape index (κ3) is 4.60. The number of aliphatic hydroxyl groups is 1. The van der Waals surface area contributed by atoms with Crippen molar-refractivity contribution in [3.63, 3.8) is 0 Å². The van der Waals surface area contributed by atoms with E-state index in [1.807, 2.05) is 6.92 Å². The van der Waals surface area contributed by atoms with Crippen LogP contribution in [0, 0.1) is 17.8 Å². The van der Waals surface area contributed by atoms with E-state index in [9.17, 15) is 9.90 Å². The number of carbonyl (C=O) groups excluding carboxylic acids is 1. The number of hydrogen-bond donors (Lipinski definition) is 2. The largest absolute Gasteiger partial charge is 0.392 e. The Hall–Kier alpha value is -0.570. The molecule has 0 spiro atoms. The fraction of sp³-hybridized carbons (Fsp3) is 0.933. The molecule has 0 aromatic carbocycles. The lowest BCUT2D eigenvalue weighted by Crippen LogP contribution is -2.43. The van der Waals surface area contributed by atoms with E-state index < -0.39 is 6.10 Å². The Morgan fingerprint density at radius 3 is 2.39 bits per heavy atom. The smallest absolute Gasteiger partial charge is 0.226 e. The maximum absolute atomic E-state index is 12.3. The molecule has 1 saturated carbocycles. The zero-order chi connectivity index (χ0) is 13.5. The number of nitrogens with one attached hydrogen (secondary N) is 1. The highest BCUT2D eigenvalue weighted by molar-refractivity contribution is 5.79. The monoisotopic (exact) mass is 255 g/mol. The van der Waals surface area contributed by atoms with Gasteiger partial charge in [-0.05, 0) is 31.1 Å². The van der Waals surface area contributed by atoms with E-state index >= 15 is 0 Å². The van der Waals surface area contributed by atoms with Crippen molar-refractivity contribution < 1.29 is 9.90 Å². The van der Waals surface area contributed by atoms with Crippen molar-refractivity contribution in [2.45, 2.75) is 65.4 Å². The van der Waals surface area contributed by atoms with Gasteiger partial charge in [-0.15, -0.1) is 0 Å². The molecule has 1 unspecified atom stereocenters. The van der Waals surface area contributed by atoms with E-state index in [4.69, 9.17) is 0 Å². The van der Waals surface area contributed by atoms with Gasteiger partial charge in [-0.2, -0.15) is 0 Å². The van der Waals surface area contributed by atoms with Crippen LogP contribution in [0.2, 0.25) is 0 Å². The van der Waals surface area contributed by atoms with Crippen molar-refractivity contribution >= 4 is 5.91 Å². The van der Waals surface area contributed by atoms with Crippen LogP contribution in [0.25, 0.3) is 0 Å². The van der Waals surface area contributed by atoms with Crippen molar-refractivity contribution in [1.29, 1.82) is 0 Å². The van der Waals surface area contributed by atoms with Gasteiger partial charge in [0.1, 0.15) is 0 Å². The lowest BCUT2D eigenvalue weighted by molar-refractivity contribution is -0.132. The third-order valence-electron chi connectivity index (χ3n) is 3.98. The van der Waals surface area contributed by atoms with E-state index in [1.165, 1.54) is 19.3 Å². The Morgan fingerprint density at radius 2 is 1.89 bits per heavy atom. The standard InChI is InChI=1S/C15H29NO2/c1-4-13(17)14(12-8-6-5-7-9-12)15(18)16-10-11(2)3/h11-14,17H,4-10H2,1-3H3,(H,16,18)/t13-,14?/m0/s1. The molecule has 0 aromatic heterocycles. The maximum Gasteiger partial charge on any atom is 0.226 e. The van der Waals surface area contributed by atoms with Crippen LogP contribution >= 0.6 is 0 Å². The first-order valence-electron chi connectivity index (χ1n) is 7.52. The normalized spacial score (nSPS) is 20.7. The molecule has 0 radical (unpaired) electrons. The van der Waals surface area contributed by atoms with Crippen molar-refractivity contribution in [1.82, 2.24) is 5.32 Å². The zero-order valence-corrected chi connectivity index (χ0v) is 12.1. The SMILES string of the molecule is CC[C@H](O)C(C(=O)NCC(C)C)C1CCCCC1. The molecular weight excluding hydrogens is 226 g/mol. The number of amides is 1. The number of hydrogen-bond acceptors (Lipinski definition) is 2. The topological polar surface area (TPSA) is 49.3 Å². The minimum absolute atomic E-state index is 0.0601. The molecule has 0 aromatic rings. The first-order valence-corrected chi connectivity index (χ1v) is 7.52. The Labute approximate surface area is 111 Å². The van der Waals surface area contributed by atoms with Crippen molar-refractivity contribution in [2.75, 3.05) is 6.54 Å². The second-order valence-corrected chi connectivity index (χ2v) is 6.04. The summed E-state index contributed by atoms with van der Waals surface area (Å²) in [5.41, 5.74) is 0. The minimum atomic E-state index is -0.486. The molecule has 2 atom stereocenters. The highest BCUT2D eigenvalue weighted by Crippen LogP contribution is 2.32. The van der Waals surface area contributed by atoms with E-state index in [2.05, 4.69) is 19.2 Å². The highest BCUT2D eigenvalue weighted by atomic mass is 16.3. The minimum Gasteiger partial charge on any atom is -0.392 e. The molecule has 18 heavy (non-hydrogen) atoms. The Morgan fingerprint density at radius 1 is 1.28 bits per heavy atom. The summed E-state index contributed by atoms with van der Waals surface area (Å²) in [7, 11) is 0. The van der Waals surface area contributed by atoms with Gasteiger partial charge in [0.05, 0.1) is 12.0 Å². The van der Waals surface area contributed by atoms with Crippen LogP contribution < -0.4 is 5.32 Å². The first kappa shape index (κ1) is 15.5. The van der Waals surface area contributed by atoms with Crippen LogP contribution in [0.4, 0.5) is 0 Å². The van der Waals surface area contributed by atoms with Crippen molar-refractivity contribution in [3.05, 3.63) is 0 Å². The molecule has 0 bridgehead atoms. The quantitative estimate of drug-likeness (QED) is 0.766. The van der Waals surface area contributed by atoms with E-state index in [1.54, 1.807) is 0 Å². The Kier molecular flexibility index (Phi) is 6.69. The average molecular weight is 255 g/mol. The molecule has 0 heterocycles. The molecule has 1 amide bonds. The summed E-state index contributed by atoms with van der Waals surface area (Å²) in [5.74, 6) is 0.694. The van der Waals surface area contributed by atoms with Gasteiger partial charge in [0.15, 0.2) is 0 Å². The summed E-state index contributed by atoms with van der Waals surface area (Å²) in [5, 5.41) is 13.1. The summed E-state index contributed by atoms with van der Waals surface area (Å²) < 4.78 is 0. The van der Waals surface area contributed by atoms with E-state index in [0.717, 1.165) is 12.8 Å². The van der Waals surface area contributed by atoms with E-state index in [0.29, 0.717) is 24.8 Å². The van der Waals surface area contributed by atoms with Crippen LogP contribution in [0.1, 0.15) is 59.3 Å². The van der Waals surface area contributed by atoms with Gasteiger partial charge in [0.25, 0.3) is 0 Å². The van der Waals surface area contributed by atoms with Gasteiger partial charge < -0.3 is 10.4 Å². The zero-order valence-electron chi connectivity index (χ0n) is 12.1. The third-order valence-corrected chi connectivity index (χ3v) is 3.98. The molecule has 0 aliphatic heterocycles. The lowest BCUT2D eigenvalue weighted by atomic mass is 9.76. The molecule has 1 aliphatic rings. The average Bonchev–Trinajstić information content (AvgIpc) is 2.37. The summed E-state index contributed by atoms with van der Waals surface area (Å²) in [4.78, 5) is 12.3. The number of aliphatic hydroxyl groups excluding tert-OH is 1. The fourth-order valence-electron chi connectivity index (χ4n) is 2.87. The maximum atomic E-state index is 12.3. The van der Waals surface area contributed by atoms with Crippen molar-refractivity contribution in [3.8, 4) is 0 Å². The Bertz CT molecular complexity index is 247. The molecule has 1 aliphatic carbocycles. The first-order chi connectivity index (χ1) is 8.56. The van der Waals surface area contributed by atoms with Gasteiger partial charge in [0, 0.05) is 6.54 Å². The predicted octanol–water partition coefficient (Wildman–Crippen LogP) is 2.73. The van der Waals surface area contributed by atoms with Gasteiger partial charge in [-0.1, -0.05) is 40.0 Å². The summed E-state index contributed by atoms with van der Waals surface area (Å²) in [6.07, 6.45) is 6.05. The van der Waals surface area contributed by atoms with Crippen LogP contribution in [-0.4, -0.2) is 23.7 Å². The summed E-state index contributed by atoms with van der Waals surface area (Å²) in [6, 6.07) is 0. The van der Waals surface area contributed by atoms with Crippen molar-refractivity contribution in [2.24, 2.45) is 17.8 Å². The van der Waals surface area contributed by atoms with Crippen LogP contribution in [0.5, 0.6) is 0 Å². The van der Waals surface area contributed by atoms with Gasteiger partial charge >= 0.3 is 0 Å². The number of carbonyl (C=O) groups is 1. The summed E-state index contributed by atoms with van der Waals surface area (Å²) in [6.45, 7) is 6.84.